The van der Waals surface area contributed by atoms with E-state index in [1.807, 2.05) is 19.1 Å². The summed E-state index contributed by atoms with van der Waals surface area (Å²) in [6, 6.07) is 18.9. The molecule has 4 rings (SSSR count). The van der Waals surface area contributed by atoms with E-state index in [9.17, 15) is 19.6 Å². The molecular formula is C29H22BrN3O4. The highest BCUT2D eigenvalue weighted by molar-refractivity contribution is 9.10. The Bertz CT molecular complexity index is 1500. The fourth-order valence-corrected chi connectivity index (χ4v) is 4.13. The largest absolute Gasteiger partial charge is 0.489 e. The molecule has 184 valence electrons. The van der Waals surface area contributed by atoms with Crippen molar-refractivity contribution in [3.63, 3.8) is 0 Å². The predicted molar refractivity (Wildman–Crippen MR) is 144 cm³/mol. The van der Waals surface area contributed by atoms with Gasteiger partial charge in [0.1, 0.15) is 17.9 Å². The van der Waals surface area contributed by atoms with Crippen molar-refractivity contribution in [3.05, 3.63) is 111 Å². The predicted octanol–water partition coefficient (Wildman–Crippen LogP) is 5.60. The SMILES string of the molecule is C=CCc1cc(/C=C2\C(=O)NC(=O)N(c3ccc(Br)c(C)c3)C2=O)ccc1OCc1ccccc1C#N. The van der Waals surface area contributed by atoms with Crippen LogP contribution >= 0.6 is 15.9 Å². The van der Waals surface area contributed by atoms with Gasteiger partial charge in [-0.15, -0.1) is 6.58 Å². The number of barbiturate groups is 1. The number of nitrogens with zero attached hydrogens (tertiary/aromatic N) is 2. The summed E-state index contributed by atoms with van der Waals surface area (Å²) in [5.41, 5.74) is 3.70. The Balaban J connectivity index is 1.63. The number of ether oxygens (including phenoxy) is 1. The van der Waals surface area contributed by atoms with Gasteiger partial charge in [-0.3, -0.25) is 14.9 Å². The van der Waals surface area contributed by atoms with Crippen molar-refractivity contribution in [2.24, 2.45) is 0 Å². The van der Waals surface area contributed by atoms with Gasteiger partial charge < -0.3 is 4.74 Å². The summed E-state index contributed by atoms with van der Waals surface area (Å²) in [6.45, 7) is 5.84. The summed E-state index contributed by atoms with van der Waals surface area (Å²) in [4.78, 5) is 39.3. The molecule has 1 aliphatic rings. The van der Waals surface area contributed by atoms with E-state index in [1.165, 1.54) is 6.08 Å². The van der Waals surface area contributed by atoms with Crippen molar-refractivity contribution >= 4 is 45.5 Å². The van der Waals surface area contributed by atoms with E-state index in [-0.39, 0.29) is 12.2 Å². The third-order valence-electron chi connectivity index (χ3n) is 5.78. The van der Waals surface area contributed by atoms with E-state index in [1.54, 1.807) is 54.6 Å². The fourth-order valence-electron chi connectivity index (χ4n) is 3.88. The first-order valence-corrected chi connectivity index (χ1v) is 12.1. The molecule has 0 radical (unpaired) electrons. The molecule has 0 bridgehead atoms. The molecule has 0 spiro atoms. The van der Waals surface area contributed by atoms with Crippen LogP contribution in [0, 0.1) is 18.3 Å². The van der Waals surface area contributed by atoms with Crippen LogP contribution in [0.4, 0.5) is 10.5 Å². The van der Waals surface area contributed by atoms with E-state index in [2.05, 4.69) is 33.9 Å². The number of aryl methyl sites for hydroxylation is 1. The lowest BCUT2D eigenvalue weighted by molar-refractivity contribution is -0.122. The number of halogens is 1. The average Bonchev–Trinajstić information content (AvgIpc) is 2.88. The lowest BCUT2D eigenvalue weighted by Gasteiger charge is -2.26. The molecule has 0 unspecified atom stereocenters. The fraction of sp³-hybridized carbons (Fsp3) is 0.103. The van der Waals surface area contributed by atoms with Gasteiger partial charge >= 0.3 is 6.03 Å². The van der Waals surface area contributed by atoms with Crippen molar-refractivity contribution in [1.82, 2.24) is 5.32 Å². The zero-order valence-electron chi connectivity index (χ0n) is 20.0. The van der Waals surface area contributed by atoms with Crippen molar-refractivity contribution in [3.8, 4) is 11.8 Å². The number of benzene rings is 3. The highest BCUT2D eigenvalue weighted by atomic mass is 79.9. The number of hydrogen-bond donors (Lipinski definition) is 1. The zero-order chi connectivity index (χ0) is 26.5. The molecule has 3 aromatic rings. The second kappa shape index (κ2) is 11.1. The molecule has 7 nitrogen and oxygen atoms in total. The standard InChI is InChI=1S/C29H22BrN3O4/c1-3-6-20-14-19(9-12-26(20)37-17-22-8-5-4-7-21(22)16-31)15-24-27(34)32-29(36)33(28(24)35)23-10-11-25(30)18(2)13-23/h3-5,7-15H,1,6,17H2,2H3,(H,32,34,36)/b24-15+. The van der Waals surface area contributed by atoms with E-state index in [0.29, 0.717) is 29.0 Å². The first kappa shape index (κ1) is 25.6. The summed E-state index contributed by atoms with van der Waals surface area (Å²) in [5, 5.41) is 11.6. The Labute approximate surface area is 222 Å². The van der Waals surface area contributed by atoms with Gasteiger partial charge in [-0.1, -0.05) is 46.3 Å². The van der Waals surface area contributed by atoms with Gasteiger partial charge in [-0.25, -0.2) is 9.69 Å². The van der Waals surface area contributed by atoms with Gasteiger partial charge in [0.25, 0.3) is 11.8 Å². The second-order valence-electron chi connectivity index (χ2n) is 8.31. The van der Waals surface area contributed by atoms with Crippen LogP contribution < -0.4 is 15.0 Å². The van der Waals surface area contributed by atoms with Crippen LogP contribution in [0.3, 0.4) is 0 Å². The Kier molecular flexibility index (Phi) is 7.66. The molecule has 0 saturated carbocycles. The maximum absolute atomic E-state index is 13.2. The molecule has 4 amide bonds. The summed E-state index contributed by atoms with van der Waals surface area (Å²) in [6.07, 6.45) is 3.65. The number of imide groups is 2. The van der Waals surface area contributed by atoms with E-state index in [0.717, 1.165) is 26.1 Å². The summed E-state index contributed by atoms with van der Waals surface area (Å²) >= 11 is 3.40. The first-order chi connectivity index (χ1) is 17.8. The molecule has 0 atom stereocenters. The number of amides is 4. The van der Waals surface area contributed by atoms with Crippen LogP contribution in [0.5, 0.6) is 5.75 Å². The van der Waals surface area contributed by atoms with Crippen LogP contribution in [0.15, 0.2) is 83.4 Å². The van der Waals surface area contributed by atoms with Gasteiger partial charge in [0.05, 0.1) is 17.3 Å². The molecule has 1 saturated heterocycles. The highest BCUT2D eigenvalue weighted by Gasteiger charge is 2.37. The number of nitriles is 1. The quantitative estimate of drug-likeness (QED) is 0.232. The molecular weight excluding hydrogens is 534 g/mol. The number of carbonyl (C=O) groups is 3. The molecule has 1 aliphatic heterocycles. The Morgan fingerprint density at radius 1 is 1.08 bits per heavy atom. The summed E-state index contributed by atoms with van der Waals surface area (Å²) in [5.74, 6) is -0.885. The first-order valence-electron chi connectivity index (χ1n) is 11.3. The normalized spacial score (nSPS) is 14.4. The topological polar surface area (TPSA) is 99.5 Å². The smallest absolute Gasteiger partial charge is 0.335 e. The van der Waals surface area contributed by atoms with Gasteiger partial charge in [-0.2, -0.15) is 5.26 Å². The van der Waals surface area contributed by atoms with E-state index in [4.69, 9.17) is 4.74 Å². The molecule has 3 aromatic carbocycles. The number of carbonyl (C=O) groups excluding carboxylic acids is 3. The zero-order valence-corrected chi connectivity index (χ0v) is 21.5. The summed E-state index contributed by atoms with van der Waals surface area (Å²) in [7, 11) is 0. The molecule has 1 N–H and O–H groups in total. The number of allylic oxidation sites excluding steroid dienone is 1. The molecule has 0 aliphatic carbocycles. The number of anilines is 1. The van der Waals surface area contributed by atoms with Gasteiger partial charge in [0.15, 0.2) is 0 Å². The van der Waals surface area contributed by atoms with Crippen LogP contribution in [-0.2, 0) is 22.6 Å². The maximum atomic E-state index is 13.2. The lowest BCUT2D eigenvalue weighted by atomic mass is 10.0. The second-order valence-corrected chi connectivity index (χ2v) is 9.16. The molecule has 37 heavy (non-hydrogen) atoms. The molecule has 1 heterocycles. The highest BCUT2D eigenvalue weighted by Crippen LogP contribution is 2.28. The van der Waals surface area contributed by atoms with Crippen LogP contribution in [0.2, 0.25) is 0 Å². The van der Waals surface area contributed by atoms with Crippen molar-refractivity contribution in [1.29, 1.82) is 5.26 Å². The monoisotopic (exact) mass is 555 g/mol. The minimum absolute atomic E-state index is 0.165. The van der Waals surface area contributed by atoms with Crippen LogP contribution in [0.25, 0.3) is 6.08 Å². The Morgan fingerprint density at radius 3 is 2.59 bits per heavy atom. The van der Waals surface area contributed by atoms with Gasteiger partial charge in [0, 0.05) is 10.0 Å². The van der Waals surface area contributed by atoms with Crippen LogP contribution in [0.1, 0.15) is 27.8 Å². The lowest BCUT2D eigenvalue weighted by Crippen LogP contribution is -2.54. The maximum Gasteiger partial charge on any atom is 0.335 e. The number of urea groups is 1. The van der Waals surface area contributed by atoms with E-state index >= 15 is 0 Å². The Morgan fingerprint density at radius 2 is 1.86 bits per heavy atom. The number of rotatable bonds is 7. The number of nitrogens with one attached hydrogen (secondary N) is 1. The van der Waals surface area contributed by atoms with Gasteiger partial charge in [0.2, 0.25) is 0 Å². The summed E-state index contributed by atoms with van der Waals surface area (Å²) < 4.78 is 6.83. The van der Waals surface area contributed by atoms with Crippen LogP contribution in [-0.4, -0.2) is 17.8 Å². The van der Waals surface area contributed by atoms with Gasteiger partial charge in [-0.05, 0) is 72.5 Å². The van der Waals surface area contributed by atoms with Crippen molar-refractivity contribution < 1.29 is 19.1 Å². The average molecular weight is 556 g/mol. The molecule has 1 fully saturated rings. The minimum atomic E-state index is -0.803. The van der Waals surface area contributed by atoms with Crippen molar-refractivity contribution in [2.75, 3.05) is 4.90 Å². The van der Waals surface area contributed by atoms with Crippen molar-refractivity contribution in [2.45, 2.75) is 20.0 Å². The third-order valence-corrected chi connectivity index (χ3v) is 6.67. The third kappa shape index (κ3) is 5.52. The Hall–Kier alpha value is -4.48. The minimum Gasteiger partial charge on any atom is -0.489 e. The van der Waals surface area contributed by atoms with E-state index < -0.39 is 17.8 Å². The molecule has 0 aromatic heterocycles. The number of hydrogen-bond acceptors (Lipinski definition) is 5. The molecule has 8 heteroatoms.